The number of Topliss-reactive ketones (excluding diaryl/α,β-unsaturated/α-hetero) is 1. The summed E-state index contributed by atoms with van der Waals surface area (Å²) in [5.74, 6) is 0.126. The summed E-state index contributed by atoms with van der Waals surface area (Å²) in [6.07, 6.45) is 2.87. The van der Waals surface area contributed by atoms with Gasteiger partial charge in [0.1, 0.15) is 5.78 Å². The molecular formula is C14H29N3OSi. The van der Waals surface area contributed by atoms with Crippen LogP contribution >= 0.6 is 0 Å². The third kappa shape index (κ3) is 4.08. The van der Waals surface area contributed by atoms with Crippen LogP contribution in [0.1, 0.15) is 53.9 Å². The van der Waals surface area contributed by atoms with Crippen molar-refractivity contribution in [2.75, 3.05) is 0 Å². The second-order valence-corrected chi connectivity index (χ2v) is 12.3. The van der Waals surface area contributed by atoms with Crippen LogP contribution in [-0.2, 0) is 4.79 Å². The SMILES string of the molecule is CCCC(C)(C)[Si](C)(C)[C@@H](C)C(=O)[C@H](CC)N=[N+]=[N-]. The third-order valence-corrected chi connectivity index (χ3v) is 11.2. The summed E-state index contributed by atoms with van der Waals surface area (Å²) in [7, 11) is -1.76. The van der Waals surface area contributed by atoms with Gasteiger partial charge in [-0.05, 0) is 17.0 Å². The number of rotatable bonds is 8. The van der Waals surface area contributed by atoms with Crippen molar-refractivity contribution < 1.29 is 4.79 Å². The molecule has 0 spiro atoms. The zero-order valence-corrected chi connectivity index (χ0v) is 14.5. The second-order valence-electron chi connectivity index (χ2n) is 6.61. The first kappa shape index (κ1) is 18.2. The Kier molecular flexibility index (Phi) is 6.81. The summed E-state index contributed by atoms with van der Waals surface area (Å²) < 4.78 is 0. The first-order valence-corrected chi connectivity index (χ1v) is 10.3. The van der Waals surface area contributed by atoms with Crippen LogP contribution in [0.25, 0.3) is 10.4 Å². The van der Waals surface area contributed by atoms with Crippen molar-refractivity contribution in [2.45, 2.75) is 83.6 Å². The van der Waals surface area contributed by atoms with Crippen LogP contribution in [0.15, 0.2) is 5.11 Å². The van der Waals surface area contributed by atoms with Crippen molar-refractivity contribution in [1.82, 2.24) is 0 Å². The molecule has 0 aliphatic carbocycles. The second kappa shape index (κ2) is 7.11. The monoisotopic (exact) mass is 283 g/mol. The molecule has 0 fully saturated rings. The van der Waals surface area contributed by atoms with Crippen molar-refractivity contribution in [3.05, 3.63) is 10.4 Å². The highest BCUT2D eigenvalue weighted by Crippen LogP contribution is 2.48. The van der Waals surface area contributed by atoms with Gasteiger partial charge in [0.25, 0.3) is 0 Å². The molecule has 0 amide bonds. The van der Waals surface area contributed by atoms with Gasteiger partial charge in [0.15, 0.2) is 0 Å². The lowest BCUT2D eigenvalue weighted by Crippen LogP contribution is -2.47. The lowest BCUT2D eigenvalue weighted by atomic mass is 10.1. The summed E-state index contributed by atoms with van der Waals surface area (Å²) in [6, 6.07) is -0.496. The number of azide groups is 1. The first-order valence-electron chi connectivity index (χ1n) is 7.23. The maximum absolute atomic E-state index is 12.5. The van der Waals surface area contributed by atoms with Gasteiger partial charge in [0.2, 0.25) is 0 Å². The fourth-order valence-corrected chi connectivity index (χ4v) is 5.55. The standard InChI is InChI=1S/C14H29N3OSi/c1-8-10-14(4,5)19(6,7)11(3)13(18)12(9-2)16-17-15/h11-12H,8-10H2,1-7H3/t11-,12-/m0/s1. The van der Waals surface area contributed by atoms with Crippen LogP contribution in [0, 0.1) is 0 Å². The molecule has 0 bridgehead atoms. The molecule has 0 rings (SSSR count). The van der Waals surface area contributed by atoms with E-state index < -0.39 is 14.1 Å². The first-order chi connectivity index (χ1) is 8.65. The van der Waals surface area contributed by atoms with Gasteiger partial charge < -0.3 is 0 Å². The summed E-state index contributed by atoms with van der Waals surface area (Å²) in [5, 5.41) is 3.87. The van der Waals surface area contributed by atoms with Gasteiger partial charge in [-0.15, -0.1) is 0 Å². The Morgan fingerprint density at radius 2 is 1.89 bits per heavy atom. The highest BCUT2D eigenvalue weighted by Gasteiger charge is 2.45. The molecule has 110 valence electrons. The maximum atomic E-state index is 12.5. The smallest absolute Gasteiger partial charge is 0.141 e. The fraction of sp³-hybridized carbons (Fsp3) is 0.929. The van der Waals surface area contributed by atoms with E-state index in [1.54, 1.807) is 0 Å². The number of ketones is 1. The van der Waals surface area contributed by atoms with E-state index in [2.05, 4.69) is 43.9 Å². The number of hydrogen-bond acceptors (Lipinski definition) is 2. The van der Waals surface area contributed by atoms with E-state index in [0.717, 1.165) is 12.8 Å². The molecule has 0 aliphatic rings. The molecule has 0 saturated carbocycles. The fourth-order valence-electron chi connectivity index (χ4n) is 2.58. The summed E-state index contributed by atoms with van der Waals surface area (Å²) >= 11 is 0. The number of carbonyl (C=O) groups excluding carboxylic acids is 1. The minimum absolute atomic E-state index is 0.0181. The lowest BCUT2D eigenvalue weighted by Gasteiger charge is -2.44. The molecule has 19 heavy (non-hydrogen) atoms. The Morgan fingerprint density at radius 1 is 1.37 bits per heavy atom. The average Bonchev–Trinajstić information content (AvgIpc) is 2.33. The van der Waals surface area contributed by atoms with Gasteiger partial charge in [0.05, 0.1) is 14.1 Å². The summed E-state index contributed by atoms with van der Waals surface area (Å²) in [4.78, 5) is 15.3. The summed E-state index contributed by atoms with van der Waals surface area (Å²) in [5.41, 5.74) is 8.58. The molecule has 0 saturated heterocycles. The van der Waals surface area contributed by atoms with E-state index in [1.807, 2.05) is 13.8 Å². The van der Waals surface area contributed by atoms with Gasteiger partial charge in [-0.25, -0.2) is 0 Å². The number of nitrogens with zero attached hydrogens (tertiary/aromatic N) is 3. The van der Waals surface area contributed by atoms with Gasteiger partial charge >= 0.3 is 0 Å². The molecule has 2 atom stereocenters. The van der Waals surface area contributed by atoms with Crippen LogP contribution in [0.2, 0.25) is 23.7 Å². The van der Waals surface area contributed by atoms with Crippen LogP contribution in [0.3, 0.4) is 0 Å². The number of carbonyl (C=O) groups is 1. The van der Waals surface area contributed by atoms with E-state index in [0.29, 0.717) is 6.42 Å². The number of hydrogen-bond donors (Lipinski definition) is 0. The van der Waals surface area contributed by atoms with Gasteiger partial charge in [-0.2, -0.15) is 0 Å². The zero-order chi connectivity index (χ0) is 15.3. The van der Waals surface area contributed by atoms with Gasteiger partial charge in [0, 0.05) is 10.5 Å². The van der Waals surface area contributed by atoms with Crippen LogP contribution in [0.5, 0.6) is 0 Å². The van der Waals surface area contributed by atoms with E-state index >= 15 is 0 Å². The molecule has 0 unspecified atom stereocenters. The van der Waals surface area contributed by atoms with Crippen LogP contribution in [-0.4, -0.2) is 19.9 Å². The quantitative estimate of drug-likeness (QED) is 0.257. The molecular weight excluding hydrogens is 254 g/mol. The molecule has 0 aromatic heterocycles. The molecule has 0 aromatic carbocycles. The van der Waals surface area contributed by atoms with Gasteiger partial charge in [-0.1, -0.05) is 65.7 Å². The molecule has 0 N–H and O–H groups in total. The molecule has 5 heteroatoms. The highest BCUT2D eigenvalue weighted by molar-refractivity contribution is 6.84. The molecule has 0 aliphatic heterocycles. The predicted octanol–water partition coefficient (Wildman–Crippen LogP) is 5.32. The zero-order valence-electron chi connectivity index (χ0n) is 13.5. The Labute approximate surface area is 118 Å². The van der Waals surface area contributed by atoms with E-state index in [4.69, 9.17) is 5.53 Å². The van der Waals surface area contributed by atoms with Crippen LogP contribution in [0.4, 0.5) is 0 Å². The summed E-state index contributed by atoms with van der Waals surface area (Å²) in [6.45, 7) is 15.2. The topological polar surface area (TPSA) is 65.8 Å². The predicted molar refractivity (Wildman–Crippen MR) is 84.1 cm³/mol. The Hall–Kier alpha value is -0.803. The largest absolute Gasteiger partial charge is 0.299 e. The van der Waals surface area contributed by atoms with Crippen LogP contribution < -0.4 is 0 Å². The minimum atomic E-state index is -1.76. The average molecular weight is 283 g/mol. The van der Waals surface area contributed by atoms with E-state index in [-0.39, 0.29) is 16.4 Å². The third-order valence-electron chi connectivity index (χ3n) is 5.03. The van der Waals surface area contributed by atoms with Crippen molar-refractivity contribution in [1.29, 1.82) is 0 Å². The van der Waals surface area contributed by atoms with Crippen molar-refractivity contribution in [2.24, 2.45) is 5.11 Å². The van der Waals surface area contributed by atoms with Gasteiger partial charge in [-0.3, -0.25) is 4.79 Å². The lowest BCUT2D eigenvalue weighted by molar-refractivity contribution is -0.120. The Bertz CT molecular complexity index is 360. The van der Waals surface area contributed by atoms with Crippen molar-refractivity contribution in [3.8, 4) is 0 Å². The molecule has 0 aromatic rings. The highest BCUT2D eigenvalue weighted by atomic mass is 28.3. The van der Waals surface area contributed by atoms with Crippen molar-refractivity contribution >= 4 is 13.9 Å². The van der Waals surface area contributed by atoms with E-state index in [9.17, 15) is 4.79 Å². The Morgan fingerprint density at radius 3 is 2.26 bits per heavy atom. The molecule has 0 heterocycles. The maximum Gasteiger partial charge on any atom is 0.141 e. The van der Waals surface area contributed by atoms with Crippen molar-refractivity contribution in [3.63, 3.8) is 0 Å². The van der Waals surface area contributed by atoms with E-state index in [1.165, 1.54) is 0 Å². The normalized spacial score (nSPS) is 15.5. The molecule has 4 nitrogen and oxygen atoms in total. The Balaban J connectivity index is 5.21. The minimum Gasteiger partial charge on any atom is -0.299 e. The molecule has 0 radical (unpaired) electrons.